The quantitative estimate of drug-likeness (QED) is 0.618. The Labute approximate surface area is 89.0 Å². The van der Waals surface area contributed by atoms with Gasteiger partial charge in [0.2, 0.25) is 5.91 Å². The summed E-state index contributed by atoms with van der Waals surface area (Å²) in [6, 6.07) is 0. The summed E-state index contributed by atoms with van der Waals surface area (Å²) < 4.78 is 1.71. The lowest BCUT2D eigenvalue weighted by Crippen LogP contribution is -2.27. The molecule has 0 aromatic carbocycles. The summed E-state index contributed by atoms with van der Waals surface area (Å²) in [5, 5.41) is 13.5. The number of carbonyl (C=O) groups is 1. The summed E-state index contributed by atoms with van der Waals surface area (Å²) in [7, 11) is 1.84. The van der Waals surface area contributed by atoms with E-state index in [1.807, 2.05) is 14.0 Å². The van der Waals surface area contributed by atoms with Gasteiger partial charge in [-0.15, -0.1) is 5.10 Å². The van der Waals surface area contributed by atoms with Crippen LogP contribution in [0.4, 0.5) is 0 Å². The Bertz CT molecular complexity index is 309. The van der Waals surface area contributed by atoms with Gasteiger partial charge in [-0.05, 0) is 6.92 Å². The molecule has 1 amide bonds. The summed E-state index contributed by atoms with van der Waals surface area (Å²) in [5.41, 5.74) is 1.01. The van der Waals surface area contributed by atoms with Crippen molar-refractivity contribution in [3.05, 3.63) is 11.9 Å². The monoisotopic (exact) mass is 211 g/mol. The van der Waals surface area contributed by atoms with Crippen LogP contribution < -0.4 is 10.6 Å². The molecule has 0 unspecified atom stereocenters. The third kappa shape index (κ3) is 4.07. The molecule has 0 spiro atoms. The maximum absolute atomic E-state index is 11.1. The number of aromatic nitrogens is 3. The predicted octanol–water partition coefficient (Wildman–Crippen LogP) is -0.569. The van der Waals surface area contributed by atoms with Gasteiger partial charge in [-0.1, -0.05) is 5.21 Å². The van der Waals surface area contributed by atoms with Crippen molar-refractivity contribution in [2.45, 2.75) is 19.9 Å². The zero-order valence-corrected chi connectivity index (χ0v) is 9.16. The van der Waals surface area contributed by atoms with Crippen LogP contribution in [-0.4, -0.2) is 34.0 Å². The highest BCUT2D eigenvalue weighted by molar-refractivity contribution is 5.75. The topological polar surface area (TPSA) is 71.8 Å². The molecule has 2 N–H and O–H groups in total. The summed E-state index contributed by atoms with van der Waals surface area (Å²) in [6.07, 6.45) is 2.21. The first-order chi connectivity index (χ1) is 7.24. The van der Waals surface area contributed by atoms with E-state index < -0.39 is 0 Å². The minimum Gasteiger partial charge on any atom is -0.356 e. The lowest BCUT2D eigenvalue weighted by molar-refractivity contribution is -0.120. The number of nitrogens with one attached hydrogen (secondary N) is 2. The molecule has 0 saturated heterocycles. The van der Waals surface area contributed by atoms with Crippen LogP contribution in [0.25, 0.3) is 0 Å². The Kier molecular flexibility index (Phi) is 4.76. The van der Waals surface area contributed by atoms with E-state index in [1.54, 1.807) is 10.9 Å². The fourth-order valence-electron chi connectivity index (χ4n) is 1.17. The van der Waals surface area contributed by atoms with Crippen LogP contribution in [0.2, 0.25) is 0 Å². The van der Waals surface area contributed by atoms with Crippen LogP contribution in [0.3, 0.4) is 0 Å². The van der Waals surface area contributed by atoms with E-state index in [4.69, 9.17) is 0 Å². The summed E-state index contributed by atoms with van der Waals surface area (Å²) >= 11 is 0. The third-order valence-corrected chi connectivity index (χ3v) is 2.02. The van der Waals surface area contributed by atoms with Gasteiger partial charge in [0.1, 0.15) is 0 Å². The van der Waals surface area contributed by atoms with Gasteiger partial charge < -0.3 is 10.6 Å². The van der Waals surface area contributed by atoms with Gasteiger partial charge in [0.25, 0.3) is 0 Å². The molecule has 0 fully saturated rings. The van der Waals surface area contributed by atoms with E-state index in [9.17, 15) is 4.79 Å². The third-order valence-electron chi connectivity index (χ3n) is 2.02. The predicted molar refractivity (Wildman–Crippen MR) is 56.0 cm³/mol. The molecule has 84 valence electrons. The first-order valence-corrected chi connectivity index (χ1v) is 5.05. The second-order valence-electron chi connectivity index (χ2n) is 3.23. The van der Waals surface area contributed by atoms with Crippen LogP contribution in [-0.2, 0) is 18.4 Å². The number of nitrogens with zero attached hydrogens (tertiary/aromatic N) is 3. The van der Waals surface area contributed by atoms with Crippen molar-refractivity contribution in [2.75, 3.05) is 13.1 Å². The maximum atomic E-state index is 11.1. The second kappa shape index (κ2) is 6.13. The highest BCUT2D eigenvalue weighted by Gasteiger charge is 2.00. The molecule has 1 aromatic heterocycles. The highest BCUT2D eigenvalue weighted by atomic mass is 16.1. The van der Waals surface area contributed by atoms with Crippen LogP contribution in [0.1, 0.15) is 19.0 Å². The first-order valence-electron chi connectivity index (χ1n) is 5.05. The fourth-order valence-corrected chi connectivity index (χ4v) is 1.17. The fraction of sp³-hybridized carbons (Fsp3) is 0.667. The van der Waals surface area contributed by atoms with Gasteiger partial charge in [0.05, 0.1) is 11.9 Å². The zero-order valence-electron chi connectivity index (χ0n) is 9.16. The Morgan fingerprint density at radius 3 is 3.00 bits per heavy atom. The van der Waals surface area contributed by atoms with E-state index >= 15 is 0 Å². The molecule has 1 heterocycles. The SMILES string of the molecule is CCNC(=O)CCNCc1cnnn1C. The molecule has 0 saturated carbocycles. The van der Waals surface area contributed by atoms with Crippen molar-refractivity contribution in [2.24, 2.45) is 7.05 Å². The second-order valence-corrected chi connectivity index (χ2v) is 3.23. The van der Waals surface area contributed by atoms with E-state index in [2.05, 4.69) is 20.9 Å². The molecule has 0 aliphatic carbocycles. The van der Waals surface area contributed by atoms with E-state index in [0.717, 1.165) is 5.69 Å². The molecule has 6 heteroatoms. The molecule has 0 radical (unpaired) electrons. The average molecular weight is 211 g/mol. The number of amides is 1. The molecular formula is C9H17N5O. The number of hydrogen-bond acceptors (Lipinski definition) is 4. The molecule has 15 heavy (non-hydrogen) atoms. The van der Waals surface area contributed by atoms with Crippen molar-refractivity contribution in [1.82, 2.24) is 25.6 Å². The normalized spacial score (nSPS) is 10.3. The first kappa shape index (κ1) is 11.6. The van der Waals surface area contributed by atoms with Crippen molar-refractivity contribution in [3.63, 3.8) is 0 Å². The lowest BCUT2D eigenvalue weighted by atomic mass is 10.3. The standard InChI is InChI=1S/C9H17N5O/c1-3-11-9(15)4-5-10-6-8-7-12-13-14(8)2/h7,10H,3-6H2,1-2H3,(H,11,15). The molecular weight excluding hydrogens is 194 g/mol. The average Bonchev–Trinajstić information content (AvgIpc) is 2.60. The van der Waals surface area contributed by atoms with Crippen LogP contribution in [0.5, 0.6) is 0 Å². The molecule has 0 atom stereocenters. The number of hydrogen-bond donors (Lipinski definition) is 2. The van der Waals surface area contributed by atoms with E-state index in [0.29, 0.717) is 26.1 Å². The minimum absolute atomic E-state index is 0.0770. The largest absolute Gasteiger partial charge is 0.356 e. The van der Waals surface area contributed by atoms with Crippen molar-refractivity contribution < 1.29 is 4.79 Å². The Morgan fingerprint density at radius 2 is 2.40 bits per heavy atom. The van der Waals surface area contributed by atoms with Crippen molar-refractivity contribution in [3.8, 4) is 0 Å². The van der Waals surface area contributed by atoms with Crippen LogP contribution in [0, 0.1) is 0 Å². The molecule has 0 aliphatic heterocycles. The minimum atomic E-state index is 0.0770. The Morgan fingerprint density at radius 1 is 1.60 bits per heavy atom. The summed E-state index contributed by atoms with van der Waals surface area (Å²) in [5.74, 6) is 0.0770. The smallest absolute Gasteiger partial charge is 0.221 e. The number of aryl methyl sites for hydroxylation is 1. The summed E-state index contributed by atoms with van der Waals surface area (Å²) in [4.78, 5) is 11.1. The van der Waals surface area contributed by atoms with Crippen molar-refractivity contribution in [1.29, 1.82) is 0 Å². The van der Waals surface area contributed by atoms with E-state index in [-0.39, 0.29) is 5.91 Å². The molecule has 0 bridgehead atoms. The van der Waals surface area contributed by atoms with Gasteiger partial charge in [-0.2, -0.15) is 0 Å². The Hall–Kier alpha value is -1.43. The van der Waals surface area contributed by atoms with E-state index in [1.165, 1.54) is 0 Å². The van der Waals surface area contributed by atoms with Crippen LogP contribution >= 0.6 is 0 Å². The lowest BCUT2D eigenvalue weighted by Gasteiger charge is -2.04. The number of rotatable bonds is 6. The molecule has 1 aromatic rings. The van der Waals surface area contributed by atoms with Gasteiger partial charge in [0, 0.05) is 33.1 Å². The van der Waals surface area contributed by atoms with Gasteiger partial charge in [-0.3, -0.25) is 9.48 Å². The van der Waals surface area contributed by atoms with Gasteiger partial charge in [0.15, 0.2) is 0 Å². The Balaban J connectivity index is 2.12. The van der Waals surface area contributed by atoms with Crippen molar-refractivity contribution >= 4 is 5.91 Å². The van der Waals surface area contributed by atoms with Crippen LogP contribution in [0.15, 0.2) is 6.20 Å². The van der Waals surface area contributed by atoms with Gasteiger partial charge >= 0.3 is 0 Å². The summed E-state index contributed by atoms with van der Waals surface area (Å²) in [6.45, 7) is 3.94. The maximum Gasteiger partial charge on any atom is 0.221 e. The van der Waals surface area contributed by atoms with Gasteiger partial charge in [-0.25, -0.2) is 0 Å². The number of carbonyl (C=O) groups excluding carboxylic acids is 1. The molecule has 1 rings (SSSR count). The molecule has 6 nitrogen and oxygen atoms in total. The highest BCUT2D eigenvalue weighted by Crippen LogP contribution is 1.91. The molecule has 0 aliphatic rings. The zero-order chi connectivity index (χ0) is 11.1.